The Morgan fingerprint density at radius 3 is 2.11 bits per heavy atom. The molecule has 0 aromatic heterocycles. The van der Waals surface area contributed by atoms with Crippen molar-refractivity contribution in [3.63, 3.8) is 0 Å². The molecule has 150 valence electrons. The topological polar surface area (TPSA) is 62.3 Å². The minimum absolute atomic E-state index is 0.0498. The lowest BCUT2D eigenvalue weighted by atomic mass is 10.1. The van der Waals surface area contributed by atoms with Crippen LogP contribution in [0.25, 0.3) is 0 Å². The van der Waals surface area contributed by atoms with Crippen molar-refractivity contribution in [3.05, 3.63) is 23.8 Å². The van der Waals surface area contributed by atoms with Crippen molar-refractivity contribution in [1.82, 2.24) is 14.7 Å². The van der Waals surface area contributed by atoms with Gasteiger partial charge in [0.2, 0.25) is 5.91 Å². The Balaban J connectivity index is 1.89. The SMILES string of the molecule is CCN(CC)CCC(=O)N1CCN(C(=O)c2ccc(OC)c(OC)c2)CC1. The summed E-state index contributed by atoms with van der Waals surface area (Å²) in [5, 5.41) is 0. The summed E-state index contributed by atoms with van der Waals surface area (Å²) < 4.78 is 10.5. The molecule has 1 aromatic carbocycles. The fourth-order valence-corrected chi connectivity index (χ4v) is 3.26. The molecule has 2 amide bonds. The van der Waals surface area contributed by atoms with Gasteiger partial charge in [-0.3, -0.25) is 9.59 Å². The molecular formula is C20H31N3O4. The highest BCUT2D eigenvalue weighted by atomic mass is 16.5. The fraction of sp³-hybridized carbons (Fsp3) is 0.600. The number of nitrogens with zero attached hydrogens (tertiary/aromatic N) is 3. The Bertz CT molecular complexity index is 638. The number of rotatable bonds is 8. The molecule has 0 bridgehead atoms. The average molecular weight is 377 g/mol. The number of hydrogen-bond acceptors (Lipinski definition) is 5. The summed E-state index contributed by atoms with van der Waals surface area (Å²) in [6.45, 7) is 9.16. The lowest BCUT2D eigenvalue weighted by molar-refractivity contribution is -0.133. The van der Waals surface area contributed by atoms with E-state index in [1.54, 1.807) is 37.3 Å². The second kappa shape index (κ2) is 10.2. The van der Waals surface area contributed by atoms with Crippen LogP contribution in [0.3, 0.4) is 0 Å². The molecule has 0 unspecified atom stereocenters. The third-order valence-electron chi connectivity index (χ3n) is 5.09. The van der Waals surface area contributed by atoms with Crippen molar-refractivity contribution in [1.29, 1.82) is 0 Å². The van der Waals surface area contributed by atoms with Crippen molar-refractivity contribution in [2.45, 2.75) is 20.3 Å². The smallest absolute Gasteiger partial charge is 0.254 e. The van der Waals surface area contributed by atoms with Crippen LogP contribution < -0.4 is 9.47 Å². The zero-order chi connectivity index (χ0) is 19.8. The van der Waals surface area contributed by atoms with Gasteiger partial charge < -0.3 is 24.2 Å². The molecule has 0 radical (unpaired) electrons. The Hall–Kier alpha value is -2.28. The van der Waals surface area contributed by atoms with Crippen molar-refractivity contribution in [3.8, 4) is 11.5 Å². The van der Waals surface area contributed by atoms with Crippen molar-refractivity contribution >= 4 is 11.8 Å². The summed E-state index contributed by atoms with van der Waals surface area (Å²) in [6, 6.07) is 5.17. The third-order valence-corrected chi connectivity index (χ3v) is 5.09. The lowest BCUT2D eigenvalue weighted by Crippen LogP contribution is -2.51. The fourth-order valence-electron chi connectivity index (χ4n) is 3.26. The summed E-state index contributed by atoms with van der Waals surface area (Å²) in [5.41, 5.74) is 0.564. The molecule has 1 aliphatic heterocycles. The van der Waals surface area contributed by atoms with Crippen LogP contribution in [0.1, 0.15) is 30.6 Å². The number of methoxy groups -OCH3 is 2. The molecule has 0 spiro atoms. The number of hydrogen-bond donors (Lipinski definition) is 0. The van der Waals surface area contributed by atoms with Gasteiger partial charge in [-0.15, -0.1) is 0 Å². The minimum Gasteiger partial charge on any atom is -0.493 e. The van der Waals surface area contributed by atoms with Gasteiger partial charge in [-0.1, -0.05) is 13.8 Å². The number of piperazine rings is 1. The van der Waals surface area contributed by atoms with Crippen LogP contribution >= 0.6 is 0 Å². The predicted molar refractivity (Wildman–Crippen MR) is 104 cm³/mol. The maximum atomic E-state index is 12.8. The van der Waals surface area contributed by atoms with Gasteiger partial charge in [-0.2, -0.15) is 0 Å². The predicted octanol–water partition coefficient (Wildman–Crippen LogP) is 1.72. The number of ether oxygens (including phenoxy) is 2. The van der Waals surface area contributed by atoms with Gasteiger partial charge in [0, 0.05) is 44.7 Å². The first kappa shape index (κ1) is 21.0. The van der Waals surface area contributed by atoms with Gasteiger partial charge in [0.15, 0.2) is 11.5 Å². The van der Waals surface area contributed by atoms with E-state index >= 15 is 0 Å². The lowest BCUT2D eigenvalue weighted by Gasteiger charge is -2.35. The van der Waals surface area contributed by atoms with E-state index in [-0.39, 0.29) is 11.8 Å². The molecule has 0 atom stereocenters. The van der Waals surface area contributed by atoms with Crippen LogP contribution in [0.15, 0.2) is 18.2 Å². The van der Waals surface area contributed by atoms with Crippen LogP contribution in [-0.4, -0.2) is 86.5 Å². The summed E-state index contributed by atoms with van der Waals surface area (Å²) in [6.07, 6.45) is 0.533. The molecule has 2 rings (SSSR count). The molecule has 1 aromatic rings. The molecule has 0 saturated carbocycles. The molecule has 0 aliphatic carbocycles. The Morgan fingerprint density at radius 1 is 0.963 bits per heavy atom. The van der Waals surface area contributed by atoms with Gasteiger partial charge in [-0.05, 0) is 31.3 Å². The highest BCUT2D eigenvalue weighted by Crippen LogP contribution is 2.28. The average Bonchev–Trinajstić information content (AvgIpc) is 2.73. The second-order valence-corrected chi connectivity index (χ2v) is 6.52. The van der Waals surface area contributed by atoms with Crippen LogP contribution in [-0.2, 0) is 4.79 Å². The molecule has 7 heteroatoms. The van der Waals surface area contributed by atoms with Crippen LogP contribution in [0.5, 0.6) is 11.5 Å². The van der Waals surface area contributed by atoms with Crippen LogP contribution in [0, 0.1) is 0 Å². The second-order valence-electron chi connectivity index (χ2n) is 6.52. The number of carbonyl (C=O) groups is 2. The highest BCUT2D eigenvalue weighted by molar-refractivity contribution is 5.95. The summed E-state index contributed by atoms with van der Waals surface area (Å²) >= 11 is 0. The number of amides is 2. The first-order valence-electron chi connectivity index (χ1n) is 9.55. The quantitative estimate of drug-likeness (QED) is 0.690. The Kier molecular flexibility index (Phi) is 7.91. The molecule has 0 N–H and O–H groups in total. The molecule has 7 nitrogen and oxygen atoms in total. The highest BCUT2D eigenvalue weighted by Gasteiger charge is 2.25. The molecule has 1 aliphatic rings. The van der Waals surface area contributed by atoms with Gasteiger partial charge in [-0.25, -0.2) is 0 Å². The van der Waals surface area contributed by atoms with E-state index in [4.69, 9.17) is 9.47 Å². The number of benzene rings is 1. The zero-order valence-electron chi connectivity index (χ0n) is 16.9. The van der Waals surface area contributed by atoms with E-state index in [0.717, 1.165) is 19.6 Å². The minimum atomic E-state index is -0.0498. The molecule has 1 saturated heterocycles. The summed E-state index contributed by atoms with van der Waals surface area (Å²) in [4.78, 5) is 31.1. The Labute approximate surface area is 161 Å². The van der Waals surface area contributed by atoms with Crippen LogP contribution in [0.2, 0.25) is 0 Å². The maximum absolute atomic E-state index is 12.8. The van der Waals surface area contributed by atoms with E-state index in [9.17, 15) is 9.59 Å². The monoisotopic (exact) mass is 377 g/mol. The van der Waals surface area contributed by atoms with Gasteiger partial charge in [0.25, 0.3) is 5.91 Å². The van der Waals surface area contributed by atoms with E-state index in [1.165, 1.54) is 0 Å². The van der Waals surface area contributed by atoms with E-state index in [0.29, 0.717) is 49.7 Å². The largest absolute Gasteiger partial charge is 0.493 e. The first-order valence-corrected chi connectivity index (χ1v) is 9.55. The van der Waals surface area contributed by atoms with Crippen LogP contribution in [0.4, 0.5) is 0 Å². The summed E-state index contributed by atoms with van der Waals surface area (Å²) in [5.74, 6) is 1.25. The van der Waals surface area contributed by atoms with Crippen molar-refractivity contribution in [2.24, 2.45) is 0 Å². The normalized spacial score (nSPS) is 14.4. The van der Waals surface area contributed by atoms with Crippen molar-refractivity contribution in [2.75, 3.05) is 60.0 Å². The third kappa shape index (κ3) is 5.35. The van der Waals surface area contributed by atoms with E-state index in [1.807, 2.05) is 4.90 Å². The molecule has 1 heterocycles. The van der Waals surface area contributed by atoms with Gasteiger partial charge in [0.1, 0.15) is 0 Å². The van der Waals surface area contributed by atoms with Crippen molar-refractivity contribution < 1.29 is 19.1 Å². The van der Waals surface area contributed by atoms with Gasteiger partial charge in [0.05, 0.1) is 14.2 Å². The Morgan fingerprint density at radius 2 is 1.56 bits per heavy atom. The van der Waals surface area contributed by atoms with E-state index < -0.39 is 0 Å². The first-order chi connectivity index (χ1) is 13.0. The molecular weight excluding hydrogens is 346 g/mol. The number of carbonyl (C=O) groups excluding carboxylic acids is 2. The van der Waals surface area contributed by atoms with E-state index in [2.05, 4.69) is 18.7 Å². The molecule has 27 heavy (non-hydrogen) atoms. The standard InChI is InChI=1S/C20H31N3O4/c1-5-21(6-2)10-9-19(24)22-11-13-23(14-12-22)20(25)16-7-8-17(26-3)18(15-16)27-4/h7-8,15H,5-6,9-14H2,1-4H3. The maximum Gasteiger partial charge on any atom is 0.254 e. The summed E-state index contributed by atoms with van der Waals surface area (Å²) in [7, 11) is 3.12. The van der Waals surface area contributed by atoms with Gasteiger partial charge >= 0.3 is 0 Å². The zero-order valence-corrected chi connectivity index (χ0v) is 16.9. The molecule has 1 fully saturated rings.